The first-order valence-corrected chi connectivity index (χ1v) is 8.22. The van der Waals surface area contributed by atoms with Crippen molar-refractivity contribution >= 4 is 0 Å². The number of hydrogen-bond donors (Lipinski definition) is 1. The minimum atomic E-state index is -0.00821. The van der Waals surface area contributed by atoms with Crippen LogP contribution in [0.1, 0.15) is 36.7 Å². The molecule has 2 aromatic heterocycles. The molecule has 0 saturated heterocycles. The maximum absolute atomic E-state index is 5.86. The maximum atomic E-state index is 5.86. The monoisotopic (exact) mass is 324 g/mol. The second kappa shape index (κ2) is 6.16. The third-order valence-electron chi connectivity index (χ3n) is 4.37. The summed E-state index contributed by atoms with van der Waals surface area (Å²) in [5.74, 6) is 2.22. The second-order valence-electron chi connectivity index (χ2n) is 6.30. The molecule has 0 bridgehead atoms. The van der Waals surface area contributed by atoms with Gasteiger partial charge in [0.2, 0.25) is 11.8 Å². The number of nitrogens with one attached hydrogen (secondary N) is 1. The molecule has 0 unspecified atom stereocenters. The van der Waals surface area contributed by atoms with Gasteiger partial charge < -0.3 is 9.73 Å². The molecule has 1 N–H and O–H groups in total. The van der Waals surface area contributed by atoms with Crippen LogP contribution in [-0.2, 0) is 13.0 Å². The van der Waals surface area contributed by atoms with E-state index in [0.717, 1.165) is 30.8 Å². The van der Waals surface area contributed by atoms with E-state index in [1.54, 1.807) is 6.33 Å². The van der Waals surface area contributed by atoms with Crippen LogP contribution < -0.4 is 5.32 Å². The predicted octanol–water partition coefficient (Wildman–Crippen LogP) is 2.30. The van der Waals surface area contributed by atoms with Gasteiger partial charge in [0.25, 0.3) is 0 Å². The number of fused-ring (bicyclic) bond motifs is 1. The Morgan fingerprint density at radius 2 is 2.25 bits per heavy atom. The fraction of sp³-hybridized carbons (Fsp3) is 0.412. The standard InChI is InChI=1S/C17H20N6O/c1-11-4-3-5-13(8-11)17-22-21-16(24-17)12(2)20-14-6-7-15-18-10-19-23(15)9-14/h3-5,8,10,12,14,20H,6-7,9H2,1-2H3/t12-,14+/m0/s1. The highest BCUT2D eigenvalue weighted by atomic mass is 16.4. The third-order valence-corrected chi connectivity index (χ3v) is 4.37. The molecule has 24 heavy (non-hydrogen) atoms. The van der Waals surface area contributed by atoms with E-state index in [4.69, 9.17) is 4.42 Å². The summed E-state index contributed by atoms with van der Waals surface area (Å²) in [4.78, 5) is 4.26. The lowest BCUT2D eigenvalue weighted by atomic mass is 10.1. The van der Waals surface area contributed by atoms with E-state index in [-0.39, 0.29) is 6.04 Å². The van der Waals surface area contributed by atoms with Crippen LogP contribution in [0.4, 0.5) is 0 Å². The lowest BCUT2D eigenvalue weighted by Gasteiger charge is -2.25. The van der Waals surface area contributed by atoms with E-state index in [1.807, 2.05) is 42.8 Å². The molecule has 3 aromatic rings. The molecule has 0 spiro atoms. The molecule has 3 heterocycles. The summed E-state index contributed by atoms with van der Waals surface area (Å²) in [5, 5.41) is 16.2. The van der Waals surface area contributed by atoms with Gasteiger partial charge in [-0.3, -0.25) is 0 Å². The number of rotatable bonds is 4. The van der Waals surface area contributed by atoms with Gasteiger partial charge in [0.05, 0.1) is 12.6 Å². The summed E-state index contributed by atoms with van der Waals surface area (Å²) in [7, 11) is 0. The quantitative estimate of drug-likeness (QED) is 0.793. The molecular formula is C17H20N6O. The first-order valence-electron chi connectivity index (χ1n) is 8.22. The Bertz CT molecular complexity index is 839. The number of nitrogens with zero attached hydrogens (tertiary/aromatic N) is 5. The molecule has 1 aromatic carbocycles. The van der Waals surface area contributed by atoms with Crippen LogP contribution in [0.3, 0.4) is 0 Å². The van der Waals surface area contributed by atoms with Crippen LogP contribution in [-0.4, -0.2) is 31.0 Å². The van der Waals surface area contributed by atoms with E-state index in [2.05, 4.69) is 25.6 Å². The maximum Gasteiger partial charge on any atom is 0.247 e. The summed E-state index contributed by atoms with van der Waals surface area (Å²) in [6.45, 7) is 4.91. The Morgan fingerprint density at radius 3 is 3.12 bits per heavy atom. The zero-order valence-electron chi connectivity index (χ0n) is 13.8. The first-order chi connectivity index (χ1) is 11.7. The molecule has 4 rings (SSSR count). The average molecular weight is 324 g/mol. The van der Waals surface area contributed by atoms with E-state index in [1.165, 1.54) is 5.56 Å². The third kappa shape index (κ3) is 2.94. The van der Waals surface area contributed by atoms with Gasteiger partial charge in [-0.1, -0.05) is 17.7 Å². The summed E-state index contributed by atoms with van der Waals surface area (Å²) < 4.78 is 7.82. The van der Waals surface area contributed by atoms with E-state index >= 15 is 0 Å². The van der Waals surface area contributed by atoms with Crippen molar-refractivity contribution in [2.45, 2.75) is 45.3 Å². The summed E-state index contributed by atoms with van der Waals surface area (Å²) in [6.07, 6.45) is 3.58. The molecule has 2 atom stereocenters. The molecule has 7 nitrogen and oxygen atoms in total. The number of benzene rings is 1. The normalized spacial score (nSPS) is 18.3. The van der Waals surface area contributed by atoms with Gasteiger partial charge in [-0.05, 0) is 32.4 Å². The van der Waals surface area contributed by atoms with Gasteiger partial charge in [-0.25, -0.2) is 9.67 Å². The number of aromatic nitrogens is 5. The summed E-state index contributed by atoms with van der Waals surface area (Å²) in [6, 6.07) is 8.38. The molecule has 1 aliphatic rings. The Hall–Kier alpha value is -2.54. The Morgan fingerprint density at radius 1 is 1.33 bits per heavy atom. The highest BCUT2D eigenvalue weighted by molar-refractivity contribution is 5.53. The lowest BCUT2D eigenvalue weighted by molar-refractivity contribution is 0.310. The molecule has 0 radical (unpaired) electrons. The number of hydrogen-bond acceptors (Lipinski definition) is 6. The van der Waals surface area contributed by atoms with Gasteiger partial charge in [0, 0.05) is 18.0 Å². The lowest BCUT2D eigenvalue weighted by Crippen LogP contribution is -2.39. The second-order valence-corrected chi connectivity index (χ2v) is 6.30. The van der Waals surface area contributed by atoms with E-state index in [0.29, 0.717) is 17.8 Å². The zero-order chi connectivity index (χ0) is 16.5. The van der Waals surface area contributed by atoms with Crippen LogP contribution in [0.5, 0.6) is 0 Å². The topological polar surface area (TPSA) is 81.7 Å². The minimum absolute atomic E-state index is 0.00821. The van der Waals surface area contributed by atoms with Gasteiger partial charge in [0.15, 0.2) is 0 Å². The fourth-order valence-electron chi connectivity index (χ4n) is 3.10. The molecule has 0 amide bonds. The van der Waals surface area contributed by atoms with Crippen molar-refractivity contribution in [1.82, 2.24) is 30.3 Å². The predicted molar refractivity (Wildman–Crippen MR) is 88.2 cm³/mol. The minimum Gasteiger partial charge on any atom is -0.419 e. The first kappa shape index (κ1) is 15.0. The molecule has 7 heteroatoms. The highest BCUT2D eigenvalue weighted by Gasteiger charge is 2.23. The van der Waals surface area contributed by atoms with Crippen molar-refractivity contribution in [3.8, 4) is 11.5 Å². The SMILES string of the molecule is Cc1cccc(-c2nnc([C@H](C)N[C@@H]3CCc4ncnn4C3)o2)c1. The smallest absolute Gasteiger partial charge is 0.247 e. The Labute approximate surface area is 140 Å². The van der Waals surface area contributed by atoms with Gasteiger partial charge in [-0.15, -0.1) is 10.2 Å². The van der Waals surface area contributed by atoms with Gasteiger partial charge in [-0.2, -0.15) is 5.10 Å². The number of aryl methyl sites for hydroxylation is 2. The Kier molecular flexibility index (Phi) is 3.86. The van der Waals surface area contributed by atoms with Crippen molar-refractivity contribution < 1.29 is 4.42 Å². The summed E-state index contributed by atoms with van der Waals surface area (Å²) >= 11 is 0. The summed E-state index contributed by atoms with van der Waals surface area (Å²) in [5.41, 5.74) is 2.12. The zero-order valence-corrected chi connectivity index (χ0v) is 13.8. The molecule has 124 valence electrons. The van der Waals surface area contributed by atoms with Crippen molar-refractivity contribution in [1.29, 1.82) is 0 Å². The molecule has 0 fully saturated rings. The van der Waals surface area contributed by atoms with Crippen LogP contribution in [0, 0.1) is 6.92 Å². The van der Waals surface area contributed by atoms with Crippen molar-refractivity contribution in [2.24, 2.45) is 0 Å². The molecule has 0 aliphatic carbocycles. The van der Waals surface area contributed by atoms with Gasteiger partial charge in [0.1, 0.15) is 12.2 Å². The largest absolute Gasteiger partial charge is 0.419 e. The van der Waals surface area contributed by atoms with Crippen LogP contribution >= 0.6 is 0 Å². The van der Waals surface area contributed by atoms with Crippen LogP contribution in [0.2, 0.25) is 0 Å². The highest BCUT2D eigenvalue weighted by Crippen LogP contribution is 2.22. The van der Waals surface area contributed by atoms with Gasteiger partial charge >= 0.3 is 0 Å². The average Bonchev–Trinajstić information content (AvgIpc) is 3.24. The molecule has 0 saturated carbocycles. The fourth-order valence-corrected chi connectivity index (χ4v) is 3.10. The van der Waals surface area contributed by atoms with E-state index < -0.39 is 0 Å². The van der Waals surface area contributed by atoms with Crippen molar-refractivity contribution in [3.05, 3.63) is 47.9 Å². The molecule has 1 aliphatic heterocycles. The van der Waals surface area contributed by atoms with Crippen LogP contribution in [0.15, 0.2) is 35.0 Å². The molecular weight excluding hydrogens is 304 g/mol. The van der Waals surface area contributed by atoms with Crippen molar-refractivity contribution in [2.75, 3.05) is 0 Å². The van der Waals surface area contributed by atoms with Crippen molar-refractivity contribution in [3.63, 3.8) is 0 Å². The van der Waals surface area contributed by atoms with Crippen LogP contribution in [0.25, 0.3) is 11.5 Å². The van der Waals surface area contributed by atoms with E-state index in [9.17, 15) is 0 Å². The Balaban J connectivity index is 1.45.